The molecule has 0 atom stereocenters. The topological polar surface area (TPSA) is 20.9 Å². The number of carbonyl (C=O) groups excluding carboxylic acids is 1. The summed E-state index contributed by atoms with van der Waals surface area (Å²) in [6.45, 7) is 0. The predicted octanol–water partition coefficient (Wildman–Crippen LogP) is 4.06. The molecule has 2 nitrogen and oxygen atoms in total. The van der Waals surface area contributed by atoms with Gasteiger partial charge in [0, 0.05) is 23.6 Å². The zero-order chi connectivity index (χ0) is 16.8. The molecule has 3 heteroatoms. The molecule has 3 rings (SSSR count). The van der Waals surface area contributed by atoms with Crippen molar-refractivity contribution in [3.8, 4) is 0 Å². The van der Waals surface area contributed by atoms with Crippen LogP contribution in [-0.4, -0.2) is 5.78 Å². The Morgan fingerprint density at radius 2 is 1.62 bits per heavy atom. The Morgan fingerprint density at radius 1 is 0.917 bits per heavy atom. The van der Waals surface area contributed by atoms with Crippen LogP contribution in [-0.2, 0) is 6.42 Å². The highest BCUT2D eigenvalue weighted by Crippen LogP contribution is 2.07. The second-order valence-corrected chi connectivity index (χ2v) is 5.51. The molecule has 0 fully saturated rings. The first-order chi connectivity index (χ1) is 11.7. The van der Waals surface area contributed by atoms with E-state index in [1.807, 2.05) is 41.2 Å². The van der Waals surface area contributed by atoms with Crippen molar-refractivity contribution in [3.63, 3.8) is 0 Å². The molecule has 0 saturated heterocycles. The maximum Gasteiger partial charge on any atom is 0.191 e. The number of ketones is 1. The molecule has 0 unspecified atom stereocenters. The maximum absolute atomic E-state index is 12.9. The van der Waals surface area contributed by atoms with Crippen molar-refractivity contribution in [1.82, 2.24) is 0 Å². The third kappa shape index (κ3) is 4.23. The highest BCUT2D eigenvalue weighted by Gasteiger charge is 2.05. The van der Waals surface area contributed by atoms with Gasteiger partial charge in [-0.3, -0.25) is 4.79 Å². The summed E-state index contributed by atoms with van der Waals surface area (Å²) in [5.74, 6) is -0.505. The summed E-state index contributed by atoms with van der Waals surface area (Å²) in [5, 5.41) is 0. The van der Waals surface area contributed by atoms with Crippen LogP contribution in [0, 0.1) is 5.82 Å². The van der Waals surface area contributed by atoms with Gasteiger partial charge in [0.1, 0.15) is 5.82 Å². The fourth-order valence-corrected chi connectivity index (χ4v) is 2.44. The van der Waals surface area contributed by atoms with E-state index in [-0.39, 0.29) is 11.6 Å². The minimum Gasteiger partial charge on any atom is -0.289 e. The van der Waals surface area contributed by atoms with Gasteiger partial charge >= 0.3 is 0 Å². The Kier molecular flexibility index (Phi) is 4.92. The number of halogens is 1. The summed E-state index contributed by atoms with van der Waals surface area (Å²) in [5.41, 5.74) is 2.86. The molecule has 0 spiro atoms. The lowest BCUT2D eigenvalue weighted by Gasteiger charge is -1.99. The number of aromatic nitrogens is 1. The van der Waals surface area contributed by atoms with Gasteiger partial charge in [0.15, 0.2) is 24.4 Å². The second kappa shape index (κ2) is 7.47. The number of pyridine rings is 1. The third-order valence-corrected chi connectivity index (χ3v) is 3.66. The van der Waals surface area contributed by atoms with Crippen LogP contribution in [0.15, 0.2) is 85.2 Å². The molecule has 0 N–H and O–H groups in total. The van der Waals surface area contributed by atoms with Gasteiger partial charge in [0.2, 0.25) is 0 Å². The molecule has 1 aromatic heterocycles. The minimum absolute atomic E-state index is 0.157. The number of allylic oxidation sites excluding steroid dienone is 1. The largest absolute Gasteiger partial charge is 0.289 e. The molecule has 0 bridgehead atoms. The fraction of sp³-hybridized carbons (Fsp3) is 0.0476. The molecule has 118 valence electrons. The number of benzene rings is 2. The van der Waals surface area contributed by atoms with E-state index in [2.05, 4.69) is 18.2 Å². The van der Waals surface area contributed by atoms with Gasteiger partial charge in [0.25, 0.3) is 0 Å². The van der Waals surface area contributed by atoms with E-state index in [9.17, 15) is 9.18 Å². The van der Waals surface area contributed by atoms with Crippen LogP contribution in [0.25, 0.3) is 6.20 Å². The van der Waals surface area contributed by atoms with Crippen molar-refractivity contribution in [2.24, 2.45) is 0 Å². The van der Waals surface area contributed by atoms with Crippen LogP contribution in [0.3, 0.4) is 0 Å². The maximum atomic E-state index is 12.9. The Morgan fingerprint density at radius 3 is 2.38 bits per heavy atom. The SMILES string of the molecule is O=C(C=C[n+]1cccc(Cc2ccccc2)c1)c1ccc(F)cc1. The van der Waals surface area contributed by atoms with Crippen molar-refractivity contribution in [1.29, 1.82) is 0 Å². The summed E-state index contributed by atoms with van der Waals surface area (Å²) < 4.78 is 14.7. The molecule has 0 aliphatic carbocycles. The molecule has 0 radical (unpaired) electrons. The highest BCUT2D eigenvalue weighted by atomic mass is 19.1. The molecule has 0 aliphatic rings. The summed E-state index contributed by atoms with van der Waals surface area (Å²) in [6.07, 6.45) is 7.89. The van der Waals surface area contributed by atoms with Crippen LogP contribution in [0.5, 0.6) is 0 Å². The van der Waals surface area contributed by atoms with Crippen molar-refractivity contribution in [2.45, 2.75) is 6.42 Å². The van der Waals surface area contributed by atoms with Crippen LogP contribution < -0.4 is 4.57 Å². The molecular formula is C21H17FNO+. The fourth-order valence-electron chi connectivity index (χ4n) is 2.44. The lowest BCUT2D eigenvalue weighted by atomic mass is 10.1. The van der Waals surface area contributed by atoms with Gasteiger partial charge in [0.05, 0.1) is 6.08 Å². The molecule has 1 heterocycles. The van der Waals surface area contributed by atoms with Gasteiger partial charge < -0.3 is 0 Å². The summed E-state index contributed by atoms with van der Waals surface area (Å²) in [4.78, 5) is 12.1. The lowest BCUT2D eigenvalue weighted by Crippen LogP contribution is -2.25. The number of rotatable bonds is 5. The van der Waals surface area contributed by atoms with Gasteiger partial charge in [-0.2, -0.15) is 4.57 Å². The average Bonchev–Trinajstić information content (AvgIpc) is 2.61. The summed E-state index contributed by atoms with van der Waals surface area (Å²) in [7, 11) is 0. The Bertz CT molecular complexity index is 855. The number of hydrogen-bond acceptors (Lipinski definition) is 1. The Labute approximate surface area is 140 Å². The predicted molar refractivity (Wildman–Crippen MR) is 91.9 cm³/mol. The van der Waals surface area contributed by atoms with Gasteiger partial charge in [-0.25, -0.2) is 4.39 Å². The second-order valence-electron chi connectivity index (χ2n) is 5.51. The standard InChI is InChI=1S/C21H17FNO/c22-20-10-8-19(9-11-20)21(24)12-14-23-13-4-7-18(16-23)15-17-5-2-1-3-6-17/h1-14,16H,15H2/q+1. The molecule has 0 aliphatic heterocycles. The van der Waals surface area contributed by atoms with E-state index in [4.69, 9.17) is 0 Å². The monoisotopic (exact) mass is 318 g/mol. The molecule has 0 amide bonds. The summed E-state index contributed by atoms with van der Waals surface area (Å²) in [6, 6.07) is 19.8. The first-order valence-corrected chi connectivity index (χ1v) is 7.72. The molecule has 0 saturated carbocycles. The normalized spacial score (nSPS) is 10.9. The molecule has 2 aromatic carbocycles. The van der Waals surface area contributed by atoms with Crippen LogP contribution >= 0.6 is 0 Å². The first-order valence-electron chi connectivity index (χ1n) is 7.72. The van der Waals surface area contributed by atoms with Crippen molar-refractivity contribution in [3.05, 3.63) is 108 Å². The van der Waals surface area contributed by atoms with Gasteiger partial charge in [-0.05, 0) is 35.9 Å². The van der Waals surface area contributed by atoms with E-state index < -0.39 is 0 Å². The minimum atomic E-state index is -0.349. The van der Waals surface area contributed by atoms with E-state index in [0.717, 1.165) is 12.0 Å². The third-order valence-electron chi connectivity index (χ3n) is 3.66. The Hall–Kier alpha value is -3.07. The average molecular weight is 318 g/mol. The van der Waals surface area contributed by atoms with Crippen molar-refractivity contribution < 1.29 is 13.8 Å². The molecular weight excluding hydrogens is 301 g/mol. The summed E-state index contributed by atoms with van der Waals surface area (Å²) >= 11 is 0. The Balaban J connectivity index is 1.72. The van der Waals surface area contributed by atoms with E-state index >= 15 is 0 Å². The van der Waals surface area contributed by atoms with E-state index in [0.29, 0.717) is 5.56 Å². The van der Waals surface area contributed by atoms with Crippen LogP contribution in [0.4, 0.5) is 4.39 Å². The van der Waals surface area contributed by atoms with Crippen molar-refractivity contribution >= 4 is 12.0 Å². The quantitative estimate of drug-likeness (QED) is 0.395. The lowest BCUT2D eigenvalue weighted by molar-refractivity contribution is -0.568. The molecule has 24 heavy (non-hydrogen) atoms. The zero-order valence-corrected chi connectivity index (χ0v) is 13.1. The van der Waals surface area contributed by atoms with Crippen LogP contribution in [0.2, 0.25) is 0 Å². The van der Waals surface area contributed by atoms with Gasteiger partial charge in [-0.15, -0.1) is 0 Å². The van der Waals surface area contributed by atoms with E-state index in [1.165, 1.54) is 35.9 Å². The highest BCUT2D eigenvalue weighted by molar-refractivity contribution is 6.05. The number of hydrogen-bond donors (Lipinski definition) is 0. The first kappa shape index (κ1) is 15.8. The van der Waals surface area contributed by atoms with Gasteiger partial charge in [-0.1, -0.05) is 30.3 Å². The van der Waals surface area contributed by atoms with E-state index in [1.54, 1.807) is 6.20 Å². The molecule has 3 aromatic rings. The number of nitrogens with zero attached hydrogens (tertiary/aromatic N) is 1. The van der Waals surface area contributed by atoms with Crippen molar-refractivity contribution in [2.75, 3.05) is 0 Å². The van der Waals surface area contributed by atoms with Crippen LogP contribution in [0.1, 0.15) is 21.5 Å². The zero-order valence-electron chi connectivity index (χ0n) is 13.1. The number of carbonyl (C=O) groups is 1. The smallest absolute Gasteiger partial charge is 0.191 e.